The summed E-state index contributed by atoms with van der Waals surface area (Å²) < 4.78 is 45.6. The molecule has 9 nitrogen and oxygen atoms in total. The van der Waals surface area contributed by atoms with E-state index in [0.717, 1.165) is 6.07 Å². The highest BCUT2D eigenvalue weighted by Crippen LogP contribution is 2.36. The van der Waals surface area contributed by atoms with E-state index in [1.54, 1.807) is 7.11 Å². The fourth-order valence-electron chi connectivity index (χ4n) is 4.89. The van der Waals surface area contributed by atoms with Crippen LogP contribution < -0.4 is 20.1 Å². The van der Waals surface area contributed by atoms with Crippen LogP contribution in [0, 0.1) is 17.2 Å². The first-order chi connectivity index (χ1) is 17.8. The minimum absolute atomic E-state index is 0.0137. The number of nitrogens with one attached hydrogen (secondary N) is 2. The topological polar surface area (TPSA) is 123 Å². The van der Waals surface area contributed by atoms with Gasteiger partial charge in [0.1, 0.15) is 5.75 Å². The van der Waals surface area contributed by atoms with Crippen molar-refractivity contribution >= 4 is 17.8 Å². The van der Waals surface area contributed by atoms with E-state index in [2.05, 4.69) is 10.6 Å². The lowest BCUT2D eigenvalue weighted by atomic mass is 9.85. The Hall–Kier alpha value is -2.95. The maximum Gasteiger partial charge on any atom is 0.341 e. The number of alkyl halides is 1. The number of hydrogen-bond donors (Lipinski definition) is 3. The molecule has 0 aromatic heterocycles. The molecule has 3 rings (SSSR count). The molecule has 38 heavy (non-hydrogen) atoms. The Morgan fingerprint density at radius 1 is 1.08 bits per heavy atom. The molecule has 1 aromatic rings. The van der Waals surface area contributed by atoms with Gasteiger partial charge < -0.3 is 30.0 Å². The van der Waals surface area contributed by atoms with Gasteiger partial charge in [-0.25, -0.2) is 13.6 Å². The minimum Gasteiger partial charge on any atom is -0.496 e. The highest BCUT2D eigenvalue weighted by Gasteiger charge is 2.43. The summed E-state index contributed by atoms with van der Waals surface area (Å²) in [6, 6.07) is 1.73. The van der Waals surface area contributed by atoms with Crippen molar-refractivity contribution < 1.29 is 42.5 Å². The molecule has 2 aliphatic rings. The van der Waals surface area contributed by atoms with E-state index in [1.807, 2.05) is 20.8 Å². The van der Waals surface area contributed by atoms with Crippen molar-refractivity contribution in [2.45, 2.75) is 83.2 Å². The standard InChI is InChI=1S/C27H38F2N2O7/c1-26(2,3)14-30-23(32)17-10-16(36-4)11-20(17)31-24(33)18-12-22(19(28)13-21(18)37-5)38-15-6-8-27(29,9-7-15)25(34)35/h12-13,15-17,20H,6-11,14H2,1-5H3,(H,30,32)(H,31,33)(H,34,35)/t15?,16-,17-,20+,27?/m0/s1. The van der Waals surface area contributed by atoms with Crippen molar-refractivity contribution in [2.75, 3.05) is 20.8 Å². The zero-order valence-electron chi connectivity index (χ0n) is 22.6. The average Bonchev–Trinajstić information content (AvgIpc) is 3.27. The number of carbonyl (C=O) groups excluding carboxylic acids is 2. The maximum atomic E-state index is 14.8. The Bertz CT molecular complexity index is 1030. The van der Waals surface area contributed by atoms with Crippen LogP contribution in [0.15, 0.2) is 12.1 Å². The van der Waals surface area contributed by atoms with Gasteiger partial charge in [0.2, 0.25) is 11.6 Å². The lowest BCUT2D eigenvalue weighted by molar-refractivity contribution is -0.154. The predicted molar refractivity (Wildman–Crippen MR) is 135 cm³/mol. The maximum absolute atomic E-state index is 14.8. The van der Waals surface area contributed by atoms with Crippen LogP contribution in [0.25, 0.3) is 0 Å². The van der Waals surface area contributed by atoms with Gasteiger partial charge in [0.05, 0.1) is 30.8 Å². The van der Waals surface area contributed by atoms with E-state index >= 15 is 0 Å². The van der Waals surface area contributed by atoms with Gasteiger partial charge in [-0.3, -0.25) is 9.59 Å². The number of rotatable bonds is 9. The largest absolute Gasteiger partial charge is 0.496 e. The van der Waals surface area contributed by atoms with Gasteiger partial charge in [0, 0.05) is 25.8 Å². The molecule has 3 atom stereocenters. The Morgan fingerprint density at radius 2 is 1.74 bits per heavy atom. The molecule has 11 heteroatoms. The SMILES string of the molecule is COc1cc(F)c(OC2CCC(F)(C(=O)O)CC2)cc1C(=O)N[C@@H]1C[C@@H](OC)C[C@@H]1C(=O)NCC(C)(C)C. The summed E-state index contributed by atoms with van der Waals surface area (Å²) in [6.07, 6.45) is -0.272. The number of carboxylic acid groups (broad SMARTS) is 1. The van der Waals surface area contributed by atoms with E-state index in [-0.39, 0.29) is 60.2 Å². The quantitative estimate of drug-likeness (QED) is 0.437. The normalized spacial score (nSPS) is 27.4. The Kier molecular flexibility index (Phi) is 9.22. The van der Waals surface area contributed by atoms with Crippen LogP contribution in [0.2, 0.25) is 0 Å². The fraction of sp³-hybridized carbons (Fsp3) is 0.667. The van der Waals surface area contributed by atoms with Gasteiger partial charge in [0.15, 0.2) is 11.6 Å². The summed E-state index contributed by atoms with van der Waals surface area (Å²) in [4.78, 5) is 37.4. The number of hydrogen-bond acceptors (Lipinski definition) is 6. The van der Waals surface area contributed by atoms with E-state index in [1.165, 1.54) is 13.2 Å². The molecule has 0 bridgehead atoms. The molecular formula is C27H38F2N2O7. The van der Waals surface area contributed by atoms with Crippen LogP contribution in [0.5, 0.6) is 11.5 Å². The van der Waals surface area contributed by atoms with E-state index in [4.69, 9.17) is 19.3 Å². The summed E-state index contributed by atoms with van der Waals surface area (Å²) in [5.41, 5.74) is -2.41. The van der Waals surface area contributed by atoms with E-state index < -0.39 is 41.4 Å². The number of methoxy groups -OCH3 is 2. The zero-order valence-corrected chi connectivity index (χ0v) is 22.6. The molecule has 2 aliphatic carbocycles. The summed E-state index contributed by atoms with van der Waals surface area (Å²) in [5, 5.41) is 14.9. The second kappa shape index (κ2) is 11.8. The lowest BCUT2D eigenvalue weighted by Gasteiger charge is -2.31. The zero-order chi connectivity index (χ0) is 28.3. The smallest absolute Gasteiger partial charge is 0.341 e. The van der Waals surface area contributed by atoms with Gasteiger partial charge in [0.25, 0.3) is 5.91 Å². The number of carboxylic acids is 1. The Balaban J connectivity index is 1.75. The molecular weight excluding hydrogens is 502 g/mol. The molecule has 0 saturated heterocycles. The fourth-order valence-corrected chi connectivity index (χ4v) is 4.89. The molecule has 2 fully saturated rings. The van der Waals surface area contributed by atoms with Gasteiger partial charge in [-0.05, 0) is 50.0 Å². The molecule has 0 heterocycles. The van der Waals surface area contributed by atoms with Gasteiger partial charge >= 0.3 is 5.97 Å². The molecule has 3 N–H and O–H groups in total. The van der Waals surface area contributed by atoms with Gasteiger partial charge in [-0.15, -0.1) is 0 Å². The average molecular weight is 541 g/mol. The first-order valence-corrected chi connectivity index (χ1v) is 12.8. The van der Waals surface area contributed by atoms with Crippen molar-refractivity contribution in [1.82, 2.24) is 10.6 Å². The van der Waals surface area contributed by atoms with Crippen molar-refractivity contribution in [3.63, 3.8) is 0 Å². The third-order valence-electron chi connectivity index (χ3n) is 7.20. The summed E-state index contributed by atoms with van der Waals surface area (Å²) in [6.45, 7) is 6.50. The van der Waals surface area contributed by atoms with Crippen LogP contribution in [0.1, 0.15) is 69.7 Å². The molecule has 212 valence electrons. The molecule has 0 spiro atoms. The van der Waals surface area contributed by atoms with Crippen molar-refractivity contribution in [3.05, 3.63) is 23.5 Å². The van der Waals surface area contributed by atoms with Crippen LogP contribution in [0.3, 0.4) is 0 Å². The summed E-state index contributed by atoms with van der Waals surface area (Å²) in [5.74, 6) is -3.78. The molecule has 0 aliphatic heterocycles. The number of halogens is 2. The number of ether oxygens (including phenoxy) is 3. The summed E-state index contributed by atoms with van der Waals surface area (Å²) >= 11 is 0. The number of benzene rings is 1. The monoisotopic (exact) mass is 540 g/mol. The van der Waals surface area contributed by atoms with E-state index in [9.17, 15) is 23.2 Å². The van der Waals surface area contributed by atoms with Crippen LogP contribution in [-0.2, 0) is 14.3 Å². The van der Waals surface area contributed by atoms with Crippen LogP contribution in [0.4, 0.5) is 8.78 Å². The van der Waals surface area contributed by atoms with Crippen LogP contribution in [-0.4, -0.2) is 67.6 Å². The van der Waals surface area contributed by atoms with E-state index in [0.29, 0.717) is 19.4 Å². The molecule has 0 unspecified atom stereocenters. The van der Waals surface area contributed by atoms with Gasteiger partial charge in [-0.1, -0.05) is 20.8 Å². The van der Waals surface area contributed by atoms with Crippen molar-refractivity contribution in [3.8, 4) is 11.5 Å². The molecule has 1 aromatic carbocycles. The van der Waals surface area contributed by atoms with Crippen LogP contribution >= 0.6 is 0 Å². The minimum atomic E-state index is -2.32. The van der Waals surface area contributed by atoms with Crippen molar-refractivity contribution in [1.29, 1.82) is 0 Å². The molecule has 2 amide bonds. The number of carbonyl (C=O) groups is 3. The van der Waals surface area contributed by atoms with Gasteiger partial charge in [-0.2, -0.15) is 0 Å². The van der Waals surface area contributed by atoms with Crippen molar-refractivity contribution in [2.24, 2.45) is 11.3 Å². The second-order valence-electron chi connectivity index (χ2n) is 11.4. The lowest BCUT2D eigenvalue weighted by Crippen LogP contribution is -2.45. The molecule has 2 saturated carbocycles. The first kappa shape index (κ1) is 29.6. The predicted octanol–water partition coefficient (Wildman–Crippen LogP) is 3.63. The third-order valence-corrected chi connectivity index (χ3v) is 7.20. The Morgan fingerprint density at radius 3 is 2.29 bits per heavy atom. The molecule has 0 radical (unpaired) electrons. The number of amides is 2. The third kappa shape index (κ3) is 7.12. The first-order valence-electron chi connectivity index (χ1n) is 12.8. The Labute approximate surface area is 221 Å². The highest BCUT2D eigenvalue weighted by atomic mass is 19.1. The number of aliphatic carboxylic acids is 1. The summed E-state index contributed by atoms with van der Waals surface area (Å²) in [7, 11) is 2.86. The highest BCUT2D eigenvalue weighted by molar-refractivity contribution is 5.98. The second-order valence-corrected chi connectivity index (χ2v) is 11.4.